The first kappa shape index (κ1) is 22.6. The molecule has 0 spiro atoms. The fourth-order valence-corrected chi connectivity index (χ4v) is 3.19. The number of hydrazone groups is 1. The number of nitrogens with zero attached hydrogens (tertiary/aromatic N) is 1. The van der Waals surface area contributed by atoms with Gasteiger partial charge in [-0.25, -0.2) is 4.79 Å². The van der Waals surface area contributed by atoms with Crippen molar-refractivity contribution >= 4 is 29.1 Å². The predicted octanol–water partition coefficient (Wildman–Crippen LogP) is 4.02. The van der Waals surface area contributed by atoms with Gasteiger partial charge in [0.05, 0.1) is 12.8 Å². The van der Waals surface area contributed by atoms with Crippen LogP contribution in [0.25, 0.3) is 0 Å². The number of nitrogens with one attached hydrogen (secondary N) is 1. The summed E-state index contributed by atoms with van der Waals surface area (Å²) in [6, 6.07) is 13.6. The van der Waals surface area contributed by atoms with Crippen molar-refractivity contribution in [3.8, 4) is 0 Å². The number of ether oxygens (including phenoxy) is 2. The van der Waals surface area contributed by atoms with Gasteiger partial charge in [-0.05, 0) is 44.0 Å². The van der Waals surface area contributed by atoms with E-state index in [2.05, 4.69) is 10.5 Å². The van der Waals surface area contributed by atoms with E-state index in [0.717, 1.165) is 5.56 Å². The van der Waals surface area contributed by atoms with Gasteiger partial charge in [-0.1, -0.05) is 48.0 Å². The molecule has 2 atom stereocenters. The summed E-state index contributed by atoms with van der Waals surface area (Å²) < 4.78 is 10.4. The lowest BCUT2D eigenvalue weighted by Gasteiger charge is -2.29. The summed E-state index contributed by atoms with van der Waals surface area (Å²) in [5.41, 5.74) is 4.17. The minimum atomic E-state index is -1.37. The van der Waals surface area contributed by atoms with Crippen LogP contribution in [0.2, 0.25) is 5.02 Å². The monoisotopic (exact) mass is 416 g/mol. The minimum Gasteiger partial charge on any atom is -0.467 e. The molecule has 154 valence electrons. The quantitative estimate of drug-likeness (QED) is 0.399. The summed E-state index contributed by atoms with van der Waals surface area (Å²) in [6.07, 6.45) is 0. The molecule has 0 saturated carbocycles. The molecule has 0 radical (unpaired) electrons. The van der Waals surface area contributed by atoms with E-state index in [0.29, 0.717) is 21.9 Å². The topological polar surface area (TPSA) is 77.0 Å². The zero-order valence-corrected chi connectivity index (χ0v) is 17.9. The van der Waals surface area contributed by atoms with Crippen LogP contribution < -0.4 is 5.43 Å². The van der Waals surface area contributed by atoms with E-state index in [1.807, 2.05) is 19.1 Å². The van der Waals surface area contributed by atoms with E-state index in [1.165, 1.54) is 21.1 Å². The lowest BCUT2D eigenvalue weighted by atomic mass is 9.87. The summed E-state index contributed by atoms with van der Waals surface area (Å²) in [7, 11) is 2.72. The molecular weight excluding hydrogens is 392 g/mol. The van der Waals surface area contributed by atoms with Crippen LogP contribution in [-0.2, 0) is 24.7 Å². The molecule has 2 rings (SSSR count). The first-order valence-electron chi connectivity index (χ1n) is 9.03. The first-order valence-corrected chi connectivity index (χ1v) is 9.41. The highest BCUT2D eigenvalue weighted by Crippen LogP contribution is 2.32. The third kappa shape index (κ3) is 5.02. The van der Waals surface area contributed by atoms with Gasteiger partial charge in [0.25, 0.3) is 0 Å². The van der Waals surface area contributed by atoms with Crippen LogP contribution >= 0.6 is 11.6 Å². The molecule has 0 saturated heterocycles. The Hall–Kier alpha value is -2.70. The Morgan fingerprint density at radius 1 is 1.10 bits per heavy atom. The Kier molecular flexibility index (Phi) is 7.53. The maximum atomic E-state index is 12.4. The fraction of sp³-hybridized carbons (Fsp3) is 0.318. The summed E-state index contributed by atoms with van der Waals surface area (Å²) in [5.74, 6) is -0.725. The number of halogens is 1. The first-order chi connectivity index (χ1) is 13.7. The second-order valence-corrected chi connectivity index (χ2v) is 7.13. The minimum absolute atomic E-state index is 0.164. The van der Waals surface area contributed by atoms with E-state index in [1.54, 1.807) is 43.3 Å². The van der Waals surface area contributed by atoms with Crippen LogP contribution in [0, 0.1) is 0 Å². The molecule has 2 unspecified atom stereocenters. The number of methoxy groups -OCH3 is 2. The average molecular weight is 417 g/mol. The van der Waals surface area contributed by atoms with Gasteiger partial charge in [-0.2, -0.15) is 5.10 Å². The van der Waals surface area contributed by atoms with Crippen LogP contribution in [0.15, 0.2) is 53.6 Å². The Labute approximate surface area is 175 Å². The standard InChI is InChI=1S/C22H25ClN2O4/c1-14(16-9-8-10-17(23)13-16)24-25-20(15(2)26)18-11-6-7-12-19(18)22(3,29-5)21(27)28-4/h6-13,20,25H,1-5H3. The molecule has 0 heterocycles. The number of benzene rings is 2. The Balaban J connectivity index is 2.46. The van der Waals surface area contributed by atoms with E-state index in [-0.39, 0.29) is 5.78 Å². The summed E-state index contributed by atoms with van der Waals surface area (Å²) in [4.78, 5) is 24.8. The maximum absolute atomic E-state index is 12.4. The van der Waals surface area contributed by atoms with Crippen molar-refractivity contribution in [3.05, 3.63) is 70.2 Å². The molecule has 0 aliphatic heterocycles. The zero-order valence-electron chi connectivity index (χ0n) is 17.2. The number of hydrogen-bond acceptors (Lipinski definition) is 6. The molecule has 0 aliphatic carbocycles. The lowest BCUT2D eigenvalue weighted by molar-refractivity contribution is -0.165. The molecule has 0 fully saturated rings. The van der Waals surface area contributed by atoms with Gasteiger partial charge in [0.2, 0.25) is 0 Å². The van der Waals surface area contributed by atoms with Gasteiger partial charge in [0.1, 0.15) is 6.04 Å². The van der Waals surface area contributed by atoms with Crippen LogP contribution in [0.3, 0.4) is 0 Å². The number of Topliss-reactive ketones (excluding diaryl/α,β-unsaturated/α-hetero) is 1. The summed E-state index contributed by atoms with van der Waals surface area (Å²) >= 11 is 6.04. The van der Waals surface area contributed by atoms with Gasteiger partial charge in [-0.3, -0.25) is 10.2 Å². The van der Waals surface area contributed by atoms with Gasteiger partial charge in [-0.15, -0.1) is 0 Å². The number of rotatable bonds is 8. The smallest absolute Gasteiger partial charge is 0.342 e. The lowest BCUT2D eigenvalue weighted by Crippen LogP contribution is -2.38. The van der Waals surface area contributed by atoms with Gasteiger partial charge >= 0.3 is 5.97 Å². The third-order valence-electron chi connectivity index (χ3n) is 4.78. The number of ketones is 1. The normalized spacial score (nSPS) is 14.6. The molecule has 7 heteroatoms. The van der Waals surface area contributed by atoms with Crippen molar-refractivity contribution in [1.29, 1.82) is 0 Å². The van der Waals surface area contributed by atoms with Crippen molar-refractivity contribution in [1.82, 2.24) is 5.43 Å². The van der Waals surface area contributed by atoms with E-state index < -0.39 is 17.6 Å². The van der Waals surface area contributed by atoms with Crippen molar-refractivity contribution in [2.24, 2.45) is 5.10 Å². The van der Waals surface area contributed by atoms with Crippen LogP contribution in [0.5, 0.6) is 0 Å². The van der Waals surface area contributed by atoms with Crippen molar-refractivity contribution in [3.63, 3.8) is 0 Å². The largest absolute Gasteiger partial charge is 0.467 e. The molecule has 2 aromatic rings. The summed E-state index contributed by atoms with van der Waals surface area (Å²) in [6.45, 7) is 4.88. The molecule has 0 aromatic heterocycles. The maximum Gasteiger partial charge on any atom is 0.342 e. The van der Waals surface area contributed by atoms with Crippen molar-refractivity contribution in [2.45, 2.75) is 32.4 Å². The van der Waals surface area contributed by atoms with E-state index in [9.17, 15) is 9.59 Å². The highest BCUT2D eigenvalue weighted by Gasteiger charge is 2.40. The molecular formula is C22H25ClN2O4. The fourth-order valence-electron chi connectivity index (χ4n) is 3.00. The highest BCUT2D eigenvalue weighted by molar-refractivity contribution is 6.31. The molecule has 0 bridgehead atoms. The van der Waals surface area contributed by atoms with Crippen molar-refractivity contribution in [2.75, 3.05) is 14.2 Å². The zero-order chi connectivity index (χ0) is 21.6. The van der Waals surface area contributed by atoms with Crippen LogP contribution in [-0.4, -0.2) is 31.7 Å². The van der Waals surface area contributed by atoms with Gasteiger partial charge in [0.15, 0.2) is 11.4 Å². The Bertz CT molecular complexity index is 929. The van der Waals surface area contributed by atoms with Crippen molar-refractivity contribution < 1.29 is 19.1 Å². The molecule has 0 amide bonds. The number of carbonyl (C=O) groups is 2. The number of carbonyl (C=O) groups excluding carboxylic acids is 2. The molecule has 0 aliphatic rings. The van der Waals surface area contributed by atoms with Crippen LogP contribution in [0.1, 0.15) is 43.5 Å². The van der Waals surface area contributed by atoms with E-state index in [4.69, 9.17) is 21.1 Å². The van der Waals surface area contributed by atoms with E-state index >= 15 is 0 Å². The molecule has 2 aromatic carbocycles. The second kappa shape index (κ2) is 9.67. The Morgan fingerprint density at radius 3 is 2.38 bits per heavy atom. The molecule has 1 N–H and O–H groups in total. The molecule has 6 nitrogen and oxygen atoms in total. The molecule has 29 heavy (non-hydrogen) atoms. The van der Waals surface area contributed by atoms with Crippen LogP contribution in [0.4, 0.5) is 0 Å². The summed E-state index contributed by atoms with van der Waals surface area (Å²) in [5, 5.41) is 4.97. The van der Waals surface area contributed by atoms with Gasteiger partial charge in [0, 0.05) is 17.7 Å². The average Bonchev–Trinajstić information content (AvgIpc) is 2.72. The second-order valence-electron chi connectivity index (χ2n) is 6.70. The van der Waals surface area contributed by atoms with Gasteiger partial charge < -0.3 is 9.47 Å². The number of esters is 1. The highest BCUT2D eigenvalue weighted by atomic mass is 35.5. The number of hydrogen-bond donors (Lipinski definition) is 1. The predicted molar refractivity (Wildman–Crippen MR) is 113 cm³/mol. The SMILES string of the molecule is COC(=O)C(C)(OC)c1ccccc1C(NN=C(C)c1cccc(Cl)c1)C(C)=O. The Morgan fingerprint density at radius 2 is 1.79 bits per heavy atom. The third-order valence-corrected chi connectivity index (χ3v) is 5.01.